The molecule has 1 saturated heterocycles. The third-order valence-electron chi connectivity index (χ3n) is 1.72. The van der Waals surface area contributed by atoms with E-state index >= 15 is 0 Å². The normalized spacial score (nSPS) is 22.1. The van der Waals surface area contributed by atoms with Gasteiger partial charge in [0.05, 0.1) is 0 Å². The van der Waals surface area contributed by atoms with Gasteiger partial charge in [0.1, 0.15) is 0 Å². The molecule has 1 heterocycles. The maximum atomic E-state index is 5.85. The van der Waals surface area contributed by atoms with Gasteiger partial charge in [0, 0.05) is 13.1 Å². The Balaban J connectivity index is 2.24. The molecule has 1 aliphatic rings. The zero-order valence-corrected chi connectivity index (χ0v) is 8.89. The van der Waals surface area contributed by atoms with Crippen molar-refractivity contribution in [2.45, 2.75) is 38.9 Å². The van der Waals surface area contributed by atoms with Crippen LogP contribution in [-0.4, -0.2) is 26.5 Å². The fraction of sp³-hybridized carbons (Fsp3) is 1.00. The summed E-state index contributed by atoms with van der Waals surface area (Å²) < 4.78 is 5.85. The molecule has 0 bridgehead atoms. The predicted molar refractivity (Wildman–Crippen MR) is 49.9 cm³/mol. The first-order chi connectivity index (χ1) is 5.08. The first-order valence-corrected chi connectivity index (χ1v) is 7.93. The van der Waals surface area contributed by atoms with Gasteiger partial charge < -0.3 is 4.53 Å². The Morgan fingerprint density at radius 3 is 2.00 bits per heavy atom. The number of hydrogen-bond acceptors (Lipinski definition) is 2. The van der Waals surface area contributed by atoms with Crippen molar-refractivity contribution in [2.75, 3.05) is 13.1 Å². The minimum atomic E-state index is -1.32. The number of rotatable bonds is 2. The van der Waals surface area contributed by atoms with E-state index in [1.807, 2.05) is 0 Å². The van der Waals surface area contributed by atoms with E-state index in [0.29, 0.717) is 0 Å². The highest BCUT2D eigenvalue weighted by Gasteiger charge is 2.20. The van der Waals surface area contributed by atoms with Crippen molar-refractivity contribution >= 4 is 8.32 Å². The highest BCUT2D eigenvalue weighted by Crippen LogP contribution is 2.13. The van der Waals surface area contributed by atoms with E-state index in [1.54, 1.807) is 0 Å². The van der Waals surface area contributed by atoms with E-state index in [1.165, 1.54) is 19.3 Å². The largest absolute Gasteiger partial charge is 0.343 e. The molecular formula is C8H19NOSi. The molecule has 1 fully saturated rings. The Kier molecular flexibility index (Phi) is 3.10. The maximum absolute atomic E-state index is 5.85. The van der Waals surface area contributed by atoms with E-state index in [-0.39, 0.29) is 0 Å². The van der Waals surface area contributed by atoms with Crippen molar-refractivity contribution in [3.05, 3.63) is 0 Å². The van der Waals surface area contributed by atoms with Crippen LogP contribution in [0.5, 0.6) is 0 Å². The van der Waals surface area contributed by atoms with E-state index in [2.05, 4.69) is 24.7 Å². The van der Waals surface area contributed by atoms with E-state index in [9.17, 15) is 0 Å². The average molecular weight is 173 g/mol. The summed E-state index contributed by atoms with van der Waals surface area (Å²) in [6, 6.07) is 0. The van der Waals surface area contributed by atoms with Crippen LogP contribution in [0.4, 0.5) is 0 Å². The third-order valence-corrected chi connectivity index (χ3v) is 2.52. The van der Waals surface area contributed by atoms with Crippen LogP contribution in [0.3, 0.4) is 0 Å². The lowest BCUT2D eigenvalue weighted by Crippen LogP contribution is -2.40. The molecule has 0 unspecified atom stereocenters. The van der Waals surface area contributed by atoms with Crippen LogP contribution in [0.25, 0.3) is 0 Å². The van der Waals surface area contributed by atoms with Crippen molar-refractivity contribution in [1.82, 2.24) is 5.06 Å². The molecule has 0 atom stereocenters. The molecule has 3 heteroatoms. The zero-order chi connectivity index (χ0) is 8.32. The maximum Gasteiger partial charge on any atom is 0.212 e. The SMILES string of the molecule is C[Si](C)(C)ON1CCCCC1. The number of nitrogens with zero attached hydrogens (tertiary/aromatic N) is 1. The van der Waals surface area contributed by atoms with E-state index in [0.717, 1.165) is 13.1 Å². The first kappa shape index (κ1) is 9.23. The molecule has 0 amide bonds. The fourth-order valence-electron chi connectivity index (χ4n) is 1.34. The summed E-state index contributed by atoms with van der Waals surface area (Å²) in [5.74, 6) is 0. The van der Waals surface area contributed by atoms with Gasteiger partial charge in [0.15, 0.2) is 0 Å². The molecule has 0 saturated carbocycles. The Labute approximate surface area is 70.6 Å². The molecule has 2 nitrogen and oxygen atoms in total. The van der Waals surface area contributed by atoms with Crippen LogP contribution in [0, 0.1) is 0 Å². The Hall–Kier alpha value is 0.137. The van der Waals surface area contributed by atoms with Crippen LogP contribution >= 0.6 is 0 Å². The van der Waals surface area contributed by atoms with E-state index in [4.69, 9.17) is 4.53 Å². The standard InChI is InChI=1S/C8H19NOSi/c1-11(2,3)10-9-7-5-4-6-8-9/h4-8H2,1-3H3. The lowest BCUT2D eigenvalue weighted by Gasteiger charge is -2.31. The summed E-state index contributed by atoms with van der Waals surface area (Å²) in [5, 5.41) is 2.16. The van der Waals surface area contributed by atoms with Crippen molar-refractivity contribution in [1.29, 1.82) is 0 Å². The van der Waals surface area contributed by atoms with Crippen molar-refractivity contribution in [2.24, 2.45) is 0 Å². The van der Waals surface area contributed by atoms with Gasteiger partial charge in [-0.15, -0.1) is 0 Å². The highest BCUT2D eigenvalue weighted by atomic mass is 28.4. The van der Waals surface area contributed by atoms with Gasteiger partial charge in [0.2, 0.25) is 8.32 Å². The van der Waals surface area contributed by atoms with Crippen molar-refractivity contribution < 1.29 is 4.53 Å². The molecule has 0 aromatic carbocycles. The average Bonchev–Trinajstić information content (AvgIpc) is 1.85. The van der Waals surface area contributed by atoms with Gasteiger partial charge in [-0.05, 0) is 32.5 Å². The smallest absolute Gasteiger partial charge is 0.212 e. The summed E-state index contributed by atoms with van der Waals surface area (Å²) in [6.45, 7) is 9.00. The molecule has 0 aromatic heterocycles. The van der Waals surface area contributed by atoms with Gasteiger partial charge in [-0.1, -0.05) is 6.42 Å². The molecule has 1 aliphatic heterocycles. The summed E-state index contributed by atoms with van der Waals surface area (Å²) in [4.78, 5) is 0. The van der Waals surface area contributed by atoms with Crippen LogP contribution in [-0.2, 0) is 4.53 Å². The molecule has 11 heavy (non-hydrogen) atoms. The second-order valence-corrected chi connectivity index (χ2v) is 8.60. The van der Waals surface area contributed by atoms with Gasteiger partial charge in [-0.2, -0.15) is 0 Å². The molecule has 0 aromatic rings. The Bertz CT molecular complexity index is 116. The molecule has 1 rings (SSSR count). The molecule has 0 spiro atoms. The lowest BCUT2D eigenvalue weighted by atomic mass is 10.2. The minimum absolute atomic E-state index is 1.14. The molecular weight excluding hydrogens is 154 g/mol. The number of piperidine rings is 1. The highest BCUT2D eigenvalue weighted by molar-refractivity contribution is 6.69. The summed E-state index contributed by atoms with van der Waals surface area (Å²) in [7, 11) is -1.32. The lowest BCUT2D eigenvalue weighted by molar-refractivity contribution is -0.0811. The zero-order valence-electron chi connectivity index (χ0n) is 7.89. The Morgan fingerprint density at radius 1 is 1.00 bits per heavy atom. The van der Waals surface area contributed by atoms with Crippen molar-refractivity contribution in [3.8, 4) is 0 Å². The Morgan fingerprint density at radius 2 is 1.55 bits per heavy atom. The molecule has 66 valence electrons. The summed E-state index contributed by atoms with van der Waals surface area (Å²) >= 11 is 0. The number of hydroxylamine groups is 2. The van der Waals surface area contributed by atoms with Gasteiger partial charge in [-0.3, -0.25) is 0 Å². The summed E-state index contributed by atoms with van der Waals surface area (Å²) in [6.07, 6.45) is 4.00. The number of hydrogen-bond donors (Lipinski definition) is 0. The van der Waals surface area contributed by atoms with Crippen LogP contribution in [0.15, 0.2) is 0 Å². The molecule has 0 aliphatic carbocycles. The van der Waals surface area contributed by atoms with Gasteiger partial charge >= 0.3 is 0 Å². The quantitative estimate of drug-likeness (QED) is 0.594. The van der Waals surface area contributed by atoms with Gasteiger partial charge in [0.25, 0.3) is 0 Å². The van der Waals surface area contributed by atoms with Crippen LogP contribution in [0.2, 0.25) is 19.6 Å². The second-order valence-electron chi connectivity index (χ2n) is 4.19. The minimum Gasteiger partial charge on any atom is -0.343 e. The van der Waals surface area contributed by atoms with Crippen molar-refractivity contribution in [3.63, 3.8) is 0 Å². The fourth-order valence-corrected chi connectivity index (χ4v) is 2.30. The van der Waals surface area contributed by atoms with E-state index < -0.39 is 8.32 Å². The van der Waals surface area contributed by atoms with Crippen LogP contribution in [0.1, 0.15) is 19.3 Å². The second kappa shape index (κ2) is 3.69. The first-order valence-electron chi connectivity index (χ1n) is 4.52. The van der Waals surface area contributed by atoms with Gasteiger partial charge in [-0.25, -0.2) is 5.06 Å². The molecule has 0 N–H and O–H groups in total. The van der Waals surface area contributed by atoms with Crippen LogP contribution < -0.4 is 0 Å². The summed E-state index contributed by atoms with van der Waals surface area (Å²) in [5.41, 5.74) is 0. The monoisotopic (exact) mass is 173 g/mol. The molecule has 0 radical (unpaired) electrons. The topological polar surface area (TPSA) is 12.5 Å². The predicted octanol–water partition coefficient (Wildman–Crippen LogP) is 2.24. The third kappa shape index (κ3) is 3.89.